The molecule has 142 valence electrons. The monoisotopic (exact) mass is 443 g/mol. The number of benzene rings is 2. The molecule has 0 aliphatic heterocycles. The molecule has 0 heterocycles. The van der Waals surface area contributed by atoms with E-state index in [0.717, 1.165) is 5.56 Å². The molecule has 2 rings (SSSR count). The molecule has 0 radical (unpaired) electrons. The molecule has 0 aromatic heterocycles. The van der Waals surface area contributed by atoms with Crippen LogP contribution in [0.3, 0.4) is 0 Å². The minimum Gasteiger partial charge on any atom is -0.493 e. The SMILES string of the molecule is CCN(Cc1cc(OC)c(OC)c(OC)c1)S(=O)(=O)c1ccccc1Br. The fourth-order valence-corrected chi connectivity index (χ4v) is 4.99. The summed E-state index contributed by atoms with van der Waals surface area (Å²) in [6.45, 7) is 2.30. The predicted molar refractivity (Wildman–Crippen MR) is 104 cm³/mol. The summed E-state index contributed by atoms with van der Waals surface area (Å²) in [6.07, 6.45) is 0. The van der Waals surface area contributed by atoms with Gasteiger partial charge in [0, 0.05) is 17.6 Å². The average molecular weight is 444 g/mol. The van der Waals surface area contributed by atoms with E-state index in [-0.39, 0.29) is 11.4 Å². The molecule has 8 heteroatoms. The zero-order valence-electron chi connectivity index (χ0n) is 15.2. The van der Waals surface area contributed by atoms with E-state index < -0.39 is 10.0 Å². The van der Waals surface area contributed by atoms with Crippen LogP contribution in [0.4, 0.5) is 0 Å². The third-order valence-electron chi connectivity index (χ3n) is 3.89. The van der Waals surface area contributed by atoms with Gasteiger partial charge in [0.25, 0.3) is 0 Å². The van der Waals surface area contributed by atoms with E-state index in [9.17, 15) is 8.42 Å². The van der Waals surface area contributed by atoms with Crippen molar-refractivity contribution in [3.05, 3.63) is 46.4 Å². The first-order valence-corrected chi connectivity index (χ1v) is 10.2. The van der Waals surface area contributed by atoms with Crippen LogP contribution in [0.2, 0.25) is 0 Å². The standard InChI is InChI=1S/C18H22BrNO5S/c1-5-20(26(21,22)17-9-7-6-8-14(17)19)12-13-10-15(23-2)18(25-4)16(11-13)24-3/h6-11H,5,12H2,1-4H3. The molecule has 0 unspecified atom stereocenters. The Hall–Kier alpha value is -1.77. The molecule has 2 aromatic rings. The molecule has 0 bridgehead atoms. The molecular formula is C18H22BrNO5S. The van der Waals surface area contributed by atoms with E-state index in [2.05, 4.69) is 15.9 Å². The summed E-state index contributed by atoms with van der Waals surface area (Å²) in [7, 11) is 0.911. The van der Waals surface area contributed by atoms with Crippen LogP contribution in [0.25, 0.3) is 0 Å². The summed E-state index contributed by atoms with van der Waals surface area (Å²) < 4.78 is 44.0. The smallest absolute Gasteiger partial charge is 0.244 e. The third-order valence-corrected chi connectivity index (χ3v) is 6.82. The highest BCUT2D eigenvalue weighted by atomic mass is 79.9. The summed E-state index contributed by atoms with van der Waals surface area (Å²) in [5.74, 6) is 1.43. The van der Waals surface area contributed by atoms with E-state index in [1.54, 1.807) is 43.3 Å². The maximum atomic E-state index is 13.0. The molecule has 0 spiro atoms. The second-order valence-corrected chi connectivity index (χ2v) is 8.16. The Kier molecular flexibility index (Phi) is 6.91. The van der Waals surface area contributed by atoms with Crippen molar-refractivity contribution >= 4 is 26.0 Å². The number of ether oxygens (including phenoxy) is 3. The first kappa shape index (κ1) is 20.5. The van der Waals surface area contributed by atoms with Crippen molar-refractivity contribution in [2.24, 2.45) is 0 Å². The average Bonchev–Trinajstić information content (AvgIpc) is 2.65. The van der Waals surface area contributed by atoms with Gasteiger partial charge in [-0.3, -0.25) is 0 Å². The lowest BCUT2D eigenvalue weighted by Gasteiger charge is -2.22. The predicted octanol–water partition coefficient (Wildman–Crippen LogP) is 3.69. The molecule has 0 aliphatic rings. The van der Waals surface area contributed by atoms with Crippen molar-refractivity contribution in [3.63, 3.8) is 0 Å². The van der Waals surface area contributed by atoms with Crippen molar-refractivity contribution < 1.29 is 22.6 Å². The van der Waals surface area contributed by atoms with Crippen LogP contribution in [0.5, 0.6) is 17.2 Å². The van der Waals surface area contributed by atoms with Crippen LogP contribution in [-0.2, 0) is 16.6 Å². The minimum atomic E-state index is -3.66. The summed E-state index contributed by atoms with van der Waals surface area (Å²) in [5.41, 5.74) is 0.733. The number of hydrogen-bond donors (Lipinski definition) is 0. The number of nitrogens with zero attached hydrogens (tertiary/aromatic N) is 1. The highest BCUT2D eigenvalue weighted by Gasteiger charge is 2.26. The van der Waals surface area contributed by atoms with E-state index >= 15 is 0 Å². The van der Waals surface area contributed by atoms with Gasteiger partial charge in [-0.05, 0) is 45.8 Å². The van der Waals surface area contributed by atoms with Crippen molar-refractivity contribution in [2.45, 2.75) is 18.4 Å². The number of hydrogen-bond acceptors (Lipinski definition) is 5. The Morgan fingerprint density at radius 1 is 1.00 bits per heavy atom. The summed E-state index contributed by atoms with van der Waals surface area (Å²) in [6, 6.07) is 10.3. The normalized spacial score (nSPS) is 11.5. The Bertz CT molecular complexity index is 845. The second-order valence-electron chi connectivity index (χ2n) is 5.40. The fourth-order valence-electron chi connectivity index (χ4n) is 2.59. The third kappa shape index (κ3) is 4.13. The molecule has 0 aliphatic carbocycles. The minimum absolute atomic E-state index is 0.177. The Morgan fingerprint density at radius 2 is 1.58 bits per heavy atom. The van der Waals surface area contributed by atoms with Crippen molar-refractivity contribution in [3.8, 4) is 17.2 Å². The van der Waals surface area contributed by atoms with Crippen LogP contribution < -0.4 is 14.2 Å². The number of sulfonamides is 1. The molecule has 0 saturated heterocycles. The molecule has 0 amide bonds. The van der Waals surface area contributed by atoms with Crippen LogP contribution in [0, 0.1) is 0 Å². The molecule has 0 atom stereocenters. The number of halogens is 1. The van der Waals surface area contributed by atoms with Gasteiger partial charge >= 0.3 is 0 Å². The molecule has 0 N–H and O–H groups in total. The van der Waals surface area contributed by atoms with Crippen molar-refractivity contribution in [1.82, 2.24) is 4.31 Å². The van der Waals surface area contributed by atoms with Gasteiger partial charge in [0.15, 0.2) is 11.5 Å². The van der Waals surface area contributed by atoms with Crippen LogP contribution in [0.1, 0.15) is 12.5 Å². The Labute approximate surface area is 162 Å². The molecule has 2 aromatic carbocycles. The summed E-state index contributed by atoms with van der Waals surface area (Å²) >= 11 is 3.32. The van der Waals surface area contributed by atoms with Crippen molar-refractivity contribution in [2.75, 3.05) is 27.9 Å². The molecular weight excluding hydrogens is 422 g/mol. The molecule has 0 fully saturated rings. The van der Waals surface area contributed by atoms with Gasteiger partial charge in [-0.1, -0.05) is 19.1 Å². The quantitative estimate of drug-likeness (QED) is 0.622. The largest absolute Gasteiger partial charge is 0.493 e. The topological polar surface area (TPSA) is 65.1 Å². The van der Waals surface area contributed by atoms with Crippen LogP contribution in [-0.4, -0.2) is 40.6 Å². The van der Waals surface area contributed by atoms with Gasteiger partial charge in [0.05, 0.1) is 26.2 Å². The maximum absolute atomic E-state index is 13.0. The van der Waals surface area contributed by atoms with Gasteiger partial charge in [-0.15, -0.1) is 0 Å². The van der Waals surface area contributed by atoms with E-state index in [1.807, 2.05) is 0 Å². The van der Waals surface area contributed by atoms with Crippen LogP contribution >= 0.6 is 15.9 Å². The molecule has 6 nitrogen and oxygen atoms in total. The molecule has 26 heavy (non-hydrogen) atoms. The number of rotatable bonds is 8. The van der Waals surface area contributed by atoms with Gasteiger partial charge in [0.1, 0.15) is 0 Å². The lowest BCUT2D eigenvalue weighted by molar-refractivity contribution is 0.322. The van der Waals surface area contributed by atoms with Gasteiger partial charge in [-0.2, -0.15) is 4.31 Å². The molecule has 0 saturated carbocycles. The van der Waals surface area contributed by atoms with Gasteiger partial charge < -0.3 is 14.2 Å². The Balaban J connectivity index is 2.43. The van der Waals surface area contributed by atoms with E-state index in [1.165, 1.54) is 25.6 Å². The lowest BCUT2D eigenvalue weighted by atomic mass is 10.2. The first-order valence-electron chi connectivity index (χ1n) is 7.92. The zero-order chi connectivity index (χ0) is 19.3. The zero-order valence-corrected chi connectivity index (χ0v) is 17.6. The summed E-state index contributed by atoms with van der Waals surface area (Å²) in [4.78, 5) is 0.231. The summed E-state index contributed by atoms with van der Waals surface area (Å²) in [5, 5.41) is 0. The van der Waals surface area contributed by atoms with Gasteiger partial charge in [0.2, 0.25) is 15.8 Å². The van der Waals surface area contributed by atoms with E-state index in [4.69, 9.17) is 14.2 Å². The van der Waals surface area contributed by atoms with Crippen LogP contribution in [0.15, 0.2) is 45.8 Å². The Morgan fingerprint density at radius 3 is 2.04 bits per heavy atom. The van der Waals surface area contributed by atoms with Crippen molar-refractivity contribution in [1.29, 1.82) is 0 Å². The maximum Gasteiger partial charge on any atom is 0.244 e. The second kappa shape index (κ2) is 8.75. The number of methoxy groups -OCH3 is 3. The fraction of sp³-hybridized carbons (Fsp3) is 0.333. The van der Waals surface area contributed by atoms with E-state index in [0.29, 0.717) is 28.3 Å². The lowest BCUT2D eigenvalue weighted by Crippen LogP contribution is -2.30. The highest BCUT2D eigenvalue weighted by molar-refractivity contribution is 9.10. The first-order chi connectivity index (χ1) is 12.4. The van der Waals surface area contributed by atoms with Gasteiger partial charge in [-0.25, -0.2) is 8.42 Å². The highest BCUT2D eigenvalue weighted by Crippen LogP contribution is 2.39.